The minimum atomic E-state index is 0. The molecule has 1 aliphatic rings. The van der Waals surface area contributed by atoms with Crippen LogP contribution in [-0.4, -0.2) is 18.0 Å². The number of benzene rings is 2. The Balaban J connectivity index is 0.00000147. The molecule has 0 N–H and O–H groups in total. The molecular formula is C18H22ClN. The van der Waals surface area contributed by atoms with Crippen molar-refractivity contribution in [2.45, 2.75) is 25.3 Å². The summed E-state index contributed by atoms with van der Waals surface area (Å²) in [5.74, 6) is 0. The fraction of sp³-hybridized carbons (Fsp3) is 0.333. The van der Waals surface area contributed by atoms with Gasteiger partial charge < -0.3 is 0 Å². The second kappa shape index (κ2) is 7.47. The van der Waals surface area contributed by atoms with Crippen molar-refractivity contribution in [3.05, 3.63) is 71.8 Å². The van der Waals surface area contributed by atoms with Crippen LogP contribution in [0.2, 0.25) is 0 Å². The van der Waals surface area contributed by atoms with Crippen molar-refractivity contribution in [1.29, 1.82) is 0 Å². The first-order chi connectivity index (χ1) is 9.43. The Morgan fingerprint density at radius 1 is 0.800 bits per heavy atom. The van der Waals surface area contributed by atoms with Crippen LogP contribution in [0.3, 0.4) is 0 Å². The van der Waals surface area contributed by atoms with Crippen molar-refractivity contribution in [3.8, 4) is 0 Å². The molecule has 2 aromatic carbocycles. The molecular weight excluding hydrogens is 266 g/mol. The third-order valence-electron chi connectivity index (χ3n) is 4.04. The van der Waals surface area contributed by atoms with E-state index in [2.05, 4.69) is 65.6 Å². The lowest BCUT2D eigenvalue weighted by Gasteiger charge is -2.28. The number of hydrogen-bond donors (Lipinski definition) is 0. The molecule has 0 saturated carbocycles. The zero-order valence-electron chi connectivity index (χ0n) is 11.7. The minimum Gasteiger partial charge on any atom is -0.296 e. The first kappa shape index (κ1) is 15.1. The van der Waals surface area contributed by atoms with Gasteiger partial charge in [-0.1, -0.05) is 60.7 Å². The van der Waals surface area contributed by atoms with Crippen LogP contribution in [0, 0.1) is 0 Å². The summed E-state index contributed by atoms with van der Waals surface area (Å²) in [6.45, 7) is 2.48. The minimum absolute atomic E-state index is 0. The molecule has 0 bridgehead atoms. The zero-order chi connectivity index (χ0) is 12.9. The standard InChI is InChI=1S/C18H21N.ClH/c1-3-9-16(10-4-1)15-18(19-13-7-8-14-19)17-11-5-2-6-12-17;/h1-6,9-12,18H,7-8,13-15H2;1H. The first-order valence-electron chi connectivity index (χ1n) is 7.26. The molecule has 106 valence electrons. The van der Waals surface area contributed by atoms with Gasteiger partial charge in [0.05, 0.1) is 0 Å². The maximum Gasteiger partial charge on any atom is 0.0388 e. The summed E-state index contributed by atoms with van der Waals surface area (Å²) in [6.07, 6.45) is 3.81. The summed E-state index contributed by atoms with van der Waals surface area (Å²) in [7, 11) is 0. The molecule has 1 unspecified atom stereocenters. The molecule has 0 radical (unpaired) electrons. The summed E-state index contributed by atoms with van der Waals surface area (Å²) in [5, 5.41) is 0. The molecule has 0 aliphatic carbocycles. The Kier molecular flexibility index (Phi) is 5.63. The largest absolute Gasteiger partial charge is 0.296 e. The molecule has 1 nitrogen and oxygen atoms in total. The van der Waals surface area contributed by atoms with Gasteiger partial charge in [0.25, 0.3) is 0 Å². The average molecular weight is 288 g/mol. The lowest BCUT2D eigenvalue weighted by molar-refractivity contribution is 0.244. The highest BCUT2D eigenvalue weighted by molar-refractivity contribution is 5.85. The molecule has 0 aromatic heterocycles. The Morgan fingerprint density at radius 2 is 1.35 bits per heavy atom. The van der Waals surface area contributed by atoms with Gasteiger partial charge in [0.15, 0.2) is 0 Å². The summed E-state index contributed by atoms with van der Waals surface area (Å²) in [5.41, 5.74) is 2.89. The molecule has 0 spiro atoms. The maximum atomic E-state index is 2.64. The molecule has 1 heterocycles. The van der Waals surface area contributed by atoms with Crippen LogP contribution in [0.15, 0.2) is 60.7 Å². The monoisotopic (exact) mass is 287 g/mol. The Labute approximate surface area is 128 Å². The van der Waals surface area contributed by atoms with E-state index in [1.807, 2.05) is 0 Å². The van der Waals surface area contributed by atoms with Crippen molar-refractivity contribution in [1.82, 2.24) is 4.90 Å². The van der Waals surface area contributed by atoms with Crippen LogP contribution in [0.5, 0.6) is 0 Å². The van der Waals surface area contributed by atoms with Gasteiger partial charge in [-0.3, -0.25) is 4.90 Å². The van der Waals surface area contributed by atoms with E-state index in [0.717, 1.165) is 6.42 Å². The lowest BCUT2D eigenvalue weighted by atomic mass is 9.97. The fourth-order valence-corrected chi connectivity index (χ4v) is 3.02. The van der Waals surface area contributed by atoms with E-state index in [1.54, 1.807) is 0 Å². The molecule has 2 aromatic rings. The van der Waals surface area contributed by atoms with Crippen molar-refractivity contribution in [3.63, 3.8) is 0 Å². The Morgan fingerprint density at radius 3 is 1.95 bits per heavy atom. The molecule has 1 atom stereocenters. The van der Waals surface area contributed by atoms with E-state index >= 15 is 0 Å². The van der Waals surface area contributed by atoms with Gasteiger partial charge in [-0.25, -0.2) is 0 Å². The van der Waals surface area contributed by atoms with Crippen LogP contribution in [0.25, 0.3) is 0 Å². The predicted molar refractivity (Wildman–Crippen MR) is 87.4 cm³/mol. The van der Waals surface area contributed by atoms with Crippen LogP contribution in [0.4, 0.5) is 0 Å². The fourth-order valence-electron chi connectivity index (χ4n) is 3.02. The van der Waals surface area contributed by atoms with Crippen molar-refractivity contribution in [2.75, 3.05) is 13.1 Å². The summed E-state index contributed by atoms with van der Waals surface area (Å²) in [4.78, 5) is 2.64. The second-order valence-electron chi connectivity index (χ2n) is 5.36. The lowest BCUT2D eigenvalue weighted by Crippen LogP contribution is -2.27. The molecule has 20 heavy (non-hydrogen) atoms. The summed E-state index contributed by atoms with van der Waals surface area (Å²) >= 11 is 0. The third kappa shape index (κ3) is 3.62. The predicted octanol–water partition coefficient (Wildman–Crippen LogP) is 4.49. The molecule has 1 aliphatic heterocycles. The Bertz CT molecular complexity index is 491. The van der Waals surface area contributed by atoms with Gasteiger partial charge in [-0.05, 0) is 43.5 Å². The van der Waals surface area contributed by atoms with Gasteiger partial charge in [-0.15, -0.1) is 12.4 Å². The Hall–Kier alpha value is -1.31. The van der Waals surface area contributed by atoms with Gasteiger partial charge >= 0.3 is 0 Å². The molecule has 0 amide bonds. The molecule has 1 saturated heterocycles. The van der Waals surface area contributed by atoms with Crippen molar-refractivity contribution < 1.29 is 0 Å². The van der Waals surface area contributed by atoms with Crippen LogP contribution < -0.4 is 0 Å². The second-order valence-corrected chi connectivity index (χ2v) is 5.36. The van der Waals surface area contributed by atoms with E-state index in [0.29, 0.717) is 6.04 Å². The summed E-state index contributed by atoms with van der Waals surface area (Å²) < 4.78 is 0. The zero-order valence-corrected chi connectivity index (χ0v) is 12.6. The van der Waals surface area contributed by atoms with Gasteiger partial charge in [0.1, 0.15) is 0 Å². The number of hydrogen-bond acceptors (Lipinski definition) is 1. The smallest absolute Gasteiger partial charge is 0.0388 e. The highest BCUT2D eigenvalue weighted by Crippen LogP contribution is 2.28. The quantitative estimate of drug-likeness (QED) is 0.801. The van der Waals surface area contributed by atoms with Gasteiger partial charge in [0.2, 0.25) is 0 Å². The van der Waals surface area contributed by atoms with E-state index in [4.69, 9.17) is 0 Å². The average Bonchev–Trinajstić information content (AvgIpc) is 3.01. The van der Waals surface area contributed by atoms with Gasteiger partial charge in [0, 0.05) is 6.04 Å². The SMILES string of the molecule is Cl.c1ccc(CC(c2ccccc2)N2CCCC2)cc1. The van der Waals surface area contributed by atoms with Crippen LogP contribution >= 0.6 is 12.4 Å². The molecule has 2 heteroatoms. The van der Waals surface area contributed by atoms with Gasteiger partial charge in [-0.2, -0.15) is 0 Å². The van der Waals surface area contributed by atoms with Crippen molar-refractivity contribution in [2.24, 2.45) is 0 Å². The summed E-state index contributed by atoms with van der Waals surface area (Å²) in [6, 6.07) is 22.3. The molecule has 3 rings (SSSR count). The maximum absolute atomic E-state index is 2.64. The topological polar surface area (TPSA) is 3.24 Å². The third-order valence-corrected chi connectivity index (χ3v) is 4.04. The number of likely N-dealkylation sites (tertiary alicyclic amines) is 1. The van der Waals surface area contributed by atoms with E-state index in [9.17, 15) is 0 Å². The number of halogens is 1. The van der Waals surface area contributed by atoms with Crippen molar-refractivity contribution >= 4 is 12.4 Å². The highest BCUT2D eigenvalue weighted by atomic mass is 35.5. The van der Waals surface area contributed by atoms with Crippen LogP contribution in [-0.2, 0) is 6.42 Å². The van der Waals surface area contributed by atoms with E-state index in [-0.39, 0.29) is 12.4 Å². The number of nitrogens with zero attached hydrogens (tertiary/aromatic N) is 1. The van der Waals surface area contributed by atoms with E-state index < -0.39 is 0 Å². The van der Waals surface area contributed by atoms with Crippen LogP contribution in [0.1, 0.15) is 30.0 Å². The highest BCUT2D eigenvalue weighted by Gasteiger charge is 2.23. The van der Waals surface area contributed by atoms with E-state index in [1.165, 1.54) is 37.1 Å². The first-order valence-corrected chi connectivity index (χ1v) is 7.26. The number of rotatable bonds is 4. The normalized spacial score (nSPS) is 16.6. The molecule has 1 fully saturated rings.